The van der Waals surface area contributed by atoms with Crippen molar-refractivity contribution in [2.45, 2.75) is 0 Å². The molecule has 3 aromatic heterocycles. The van der Waals surface area contributed by atoms with Gasteiger partial charge in [-0.2, -0.15) is 0 Å². The van der Waals surface area contributed by atoms with E-state index in [-0.39, 0.29) is 17.7 Å². The Labute approximate surface area is 210 Å². The zero-order valence-electron chi connectivity index (χ0n) is 20.0. The lowest BCUT2D eigenvalue weighted by atomic mass is 10.2. The first kappa shape index (κ1) is 24.9. The fraction of sp³-hybridized carbons (Fsp3) is 0.308. The minimum atomic E-state index is -0.166. The van der Waals surface area contributed by atoms with E-state index >= 15 is 0 Å². The molecule has 3 aromatic rings. The van der Waals surface area contributed by atoms with Crippen LogP contribution in [0.15, 0.2) is 73.6 Å². The second kappa shape index (κ2) is 12.5. The first-order valence-electron chi connectivity index (χ1n) is 11.9. The van der Waals surface area contributed by atoms with Crippen LogP contribution in [0, 0.1) is 0 Å². The molecule has 0 atom stereocenters. The summed E-state index contributed by atoms with van der Waals surface area (Å²) in [5, 5.41) is 3.34. The molecule has 0 bridgehead atoms. The third-order valence-electron chi connectivity index (χ3n) is 6.04. The van der Waals surface area contributed by atoms with Crippen LogP contribution in [0.5, 0.6) is 0 Å². The van der Waals surface area contributed by atoms with Gasteiger partial charge in [0.15, 0.2) is 0 Å². The van der Waals surface area contributed by atoms with Crippen LogP contribution in [0.3, 0.4) is 0 Å². The van der Waals surface area contributed by atoms with Gasteiger partial charge < -0.3 is 20.0 Å². The van der Waals surface area contributed by atoms with E-state index < -0.39 is 0 Å². The van der Waals surface area contributed by atoms with Gasteiger partial charge in [0.05, 0.1) is 0 Å². The van der Waals surface area contributed by atoms with Crippen molar-refractivity contribution in [2.75, 3.05) is 52.4 Å². The Morgan fingerprint density at radius 2 is 0.778 bits per heavy atom. The maximum absolute atomic E-state index is 13.4. The van der Waals surface area contributed by atoms with E-state index in [1.807, 2.05) is 0 Å². The van der Waals surface area contributed by atoms with E-state index in [1.165, 1.54) is 0 Å². The largest absolute Gasteiger partial charge is 0.336 e. The van der Waals surface area contributed by atoms with Crippen molar-refractivity contribution >= 4 is 17.7 Å². The molecule has 0 unspecified atom stereocenters. The minimum Gasteiger partial charge on any atom is -0.336 e. The zero-order valence-corrected chi connectivity index (χ0v) is 20.0. The van der Waals surface area contributed by atoms with Crippen molar-refractivity contribution in [1.82, 2.24) is 35.0 Å². The van der Waals surface area contributed by atoms with E-state index in [2.05, 4.69) is 20.3 Å². The SMILES string of the molecule is O=C(c1ccncc1)N1CCNCCN(C(=O)c2ccncc2)CCN(C(=O)c2ccncc2)CC1. The average Bonchev–Trinajstić information content (AvgIpc) is 2.94. The highest BCUT2D eigenvalue weighted by Gasteiger charge is 2.23. The molecule has 0 radical (unpaired) electrons. The first-order chi connectivity index (χ1) is 17.6. The molecule has 1 N–H and O–H groups in total. The predicted molar refractivity (Wildman–Crippen MR) is 133 cm³/mol. The maximum Gasteiger partial charge on any atom is 0.254 e. The van der Waals surface area contributed by atoms with Gasteiger partial charge in [-0.05, 0) is 36.4 Å². The van der Waals surface area contributed by atoms with Crippen molar-refractivity contribution in [3.63, 3.8) is 0 Å². The quantitative estimate of drug-likeness (QED) is 0.591. The molecule has 1 saturated heterocycles. The molecule has 4 rings (SSSR count). The molecule has 186 valence electrons. The van der Waals surface area contributed by atoms with Crippen LogP contribution < -0.4 is 5.32 Å². The van der Waals surface area contributed by atoms with Gasteiger partial charge in [-0.1, -0.05) is 0 Å². The van der Waals surface area contributed by atoms with Crippen LogP contribution in [-0.2, 0) is 0 Å². The molecule has 0 aliphatic carbocycles. The standard InChI is InChI=1S/C26H29N7O3/c34-24(21-1-7-27-8-2-21)31-15-13-30-14-16-32(25(35)22-3-9-28-10-4-22)18-20-33(19-17-31)26(36)23-5-11-29-12-6-23/h1-12,30H,13-20H2. The fourth-order valence-electron chi connectivity index (χ4n) is 4.01. The van der Waals surface area contributed by atoms with Crippen molar-refractivity contribution < 1.29 is 14.4 Å². The van der Waals surface area contributed by atoms with Crippen LogP contribution in [0.4, 0.5) is 0 Å². The Morgan fingerprint density at radius 3 is 1.08 bits per heavy atom. The highest BCUT2D eigenvalue weighted by Crippen LogP contribution is 2.10. The molecule has 1 aliphatic heterocycles. The summed E-state index contributed by atoms with van der Waals surface area (Å²) in [6, 6.07) is 10.1. The fourth-order valence-corrected chi connectivity index (χ4v) is 4.01. The van der Waals surface area contributed by atoms with Crippen LogP contribution in [0.2, 0.25) is 0 Å². The molecular formula is C26H29N7O3. The molecule has 1 fully saturated rings. The summed E-state index contributed by atoms with van der Waals surface area (Å²) >= 11 is 0. The lowest BCUT2D eigenvalue weighted by Gasteiger charge is -2.32. The molecule has 0 aromatic carbocycles. The summed E-state index contributed by atoms with van der Waals surface area (Å²) in [4.78, 5) is 56.9. The van der Waals surface area contributed by atoms with Crippen molar-refractivity contribution in [2.24, 2.45) is 0 Å². The monoisotopic (exact) mass is 487 g/mol. The lowest BCUT2D eigenvalue weighted by Crippen LogP contribution is -2.48. The van der Waals surface area contributed by atoms with Crippen molar-refractivity contribution in [3.05, 3.63) is 90.3 Å². The van der Waals surface area contributed by atoms with E-state index in [1.54, 1.807) is 88.3 Å². The summed E-state index contributed by atoms with van der Waals surface area (Å²) < 4.78 is 0. The molecule has 10 heteroatoms. The topological polar surface area (TPSA) is 112 Å². The van der Waals surface area contributed by atoms with Gasteiger partial charge in [-0.3, -0.25) is 29.3 Å². The molecule has 4 heterocycles. The third kappa shape index (κ3) is 6.48. The number of carbonyl (C=O) groups is 3. The first-order valence-corrected chi connectivity index (χ1v) is 11.9. The van der Waals surface area contributed by atoms with Crippen molar-refractivity contribution in [1.29, 1.82) is 0 Å². The molecule has 10 nitrogen and oxygen atoms in total. The highest BCUT2D eigenvalue weighted by molar-refractivity contribution is 5.96. The van der Waals surface area contributed by atoms with Gasteiger partial charge in [0.2, 0.25) is 0 Å². The average molecular weight is 488 g/mol. The van der Waals surface area contributed by atoms with E-state index in [4.69, 9.17) is 0 Å². The second-order valence-corrected chi connectivity index (χ2v) is 8.33. The number of hydrogen-bond acceptors (Lipinski definition) is 7. The number of hydrogen-bond donors (Lipinski definition) is 1. The van der Waals surface area contributed by atoms with E-state index in [9.17, 15) is 14.4 Å². The van der Waals surface area contributed by atoms with Gasteiger partial charge in [-0.25, -0.2) is 0 Å². The molecule has 0 saturated carbocycles. The van der Waals surface area contributed by atoms with Crippen LogP contribution >= 0.6 is 0 Å². The van der Waals surface area contributed by atoms with Gasteiger partial charge in [0, 0.05) is 106 Å². The Bertz CT molecular complexity index is 1080. The van der Waals surface area contributed by atoms with E-state index in [0.29, 0.717) is 69.0 Å². The Hall–Kier alpha value is -4.18. The zero-order chi connectivity index (χ0) is 25.2. The number of nitrogens with zero attached hydrogens (tertiary/aromatic N) is 6. The Morgan fingerprint density at radius 1 is 0.500 bits per heavy atom. The van der Waals surface area contributed by atoms with Crippen molar-refractivity contribution in [3.8, 4) is 0 Å². The van der Waals surface area contributed by atoms with Gasteiger partial charge in [0.1, 0.15) is 0 Å². The highest BCUT2D eigenvalue weighted by atomic mass is 16.2. The lowest BCUT2D eigenvalue weighted by molar-refractivity contribution is 0.0610. The normalized spacial score (nSPS) is 15.5. The minimum absolute atomic E-state index is 0.109. The summed E-state index contributed by atoms with van der Waals surface area (Å²) in [7, 11) is 0. The number of aromatic nitrogens is 3. The summed E-state index contributed by atoms with van der Waals surface area (Å²) in [5.41, 5.74) is 1.62. The summed E-state index contributed by atoms with van der Waals surface area (Å²) in [6.45, 7) is 3.44. The molecule has 3 amide bonds. The second-order valence-electron chi connectivity index (χ2n) is 8.33. The maximum atomic E-state index is 13.4. The Balaban J connectivity index is 1.54. The molecule has 1 aliphatic rings. The predicted octanol–water partition coefficient (Wildman–Crippen LogP) is 1.20. The van der Waals surface area contributed by atoms with Gasteiger partial charge >= 0.3 is 0 Å². The summed E-state index contributed by atoms with van der Waals surface area (Å²) in [5.74, 6) is -0.385. The molecule has 36 heavy (non-hydrogen) atoms. The number of nitrogens with one attached hydrogen (secondary N) is 1. The number of rotatable bonds is 3. The number of pyridine rings is 3. The molecular weight excluding hydrogens is 458 g/mol. The van der Waals surface area contributed by atoms with Gasteiger partial charge in [0.25, 0.3) is 17.7 Å². The number of amides is 3. The summed E-state index contributed by atoms with van der Waals surface area (Å²) in [6.07, 6.45) is 9.53. The van der Waals surface area contributed by atoms with Gasteiger partial charge in [-0.15, -0.1) is 0 Å². The van der Waals surface area contributed by atoms with Crippen LogP contribution in [0.1, 0.15) is 31.1 Å². The van der Waals surface area contributed by atoms with Crippen LogP contribution in [0.25, 0.3) is 0 Å². The third-order valence-corrected chi connectivity index (χ3v) is 6.04. The smallest absolute Gasteiger partial charge is 0.254 e. The van der Waals surface area contributed by atoms with E-state index in [0.717, 1.165) is 0 Å². The molecule has 0 spiro atoms. The Kier molecular flexibility index (Phi) is 8.66. The van der Waals surface area contributed by atoms with Crippen LogP contribution in [-0.4, -0.2) is 99.7 Å². The number of carbonyl (C=O) groups excluding carboxylic acids is 3.